The molecule has 0 aromatic heterocycles. The molecule has 0 saturated heterocycles. The normalized spacial score (nSPS) is 16.5. The molecular formula is C50H42ClN. The summed E-state index contributed by atoms with van der Waals surface area (Å²) in [4.78, 5) is 2.41. The minimum Gasteiger partial charge on any atom is -0.310 e. The molecule has 0 bridgehead atoms. The number of rotatable bonds is 5. The van der Waals surface area contributed by atoms with Gasteiger partial charge in [-0.3, -0.25) is 0 Å². The van der Waals surface area contributed by atoms with Crippen molar-refractivity contribution < 1.29 is 0 Å². The molecule has 52 heavy (non-hydrogen) atoms. The number of halogens is 1. The highest BCUT2D eigenvalue weighted by atomic mass is 35.5. The van der Waals surface area contributed by atoms with Crippen molar-refractivity contribution >= 4 is 39.8 Å². The highest BCUT2D eigenvalue weighted by Crippen LogP contribution is 2.57. The van der Waals surface area contributed by atoms with E-state index < -0.39 is 0 Å². The van der Waals surface area contributed by atoms with E-state index in [9.17, 15) is 0 Å². The van der Waals surface area contributed by atoms with E-state index in [-0.39, 0.29) is 10.8 Å². The predicted molar refractivity (Wildman–Crippen MR) is 222 cm³/mol. The first kappa shape index (κ1) is 32.5. The summed E-state index contributed by atoms with van der Waals surface area (Å²) in [6.07, 6.45) is 6.95. The van der Waals surface area contributed by atoms with Crippen LogP contribution in [0.15, 0.2) is 169 Å². The van der Waals surface area contributed by atoms with Crippen LogP contribution in [0.3, 0.4) is 0 Å². The second-order valence-electron chi connectivity index (χ2n) is 15.4. The maximum atomic E-state index is 6.89. The van der Waals surface area contributed by atoms with E-state index >= 15 is 0 Å². The minimum atomic E-state index is -0.176. The second kappa shape index (κ2) is 12.4. The Morgan fingerprint density at radius 1 is 0.538 bits per heavy atom. The van der Waals surface area contributed by atoms with Crippen molar-refractivity contribution in [2.45, 2.75) is 51.4 Å². The van der Waals surface area contributed by atoms with Crippen molar-refractivity contribution in [2.75, 3.05) is 4.90 Å². The summed E-state index contributed by atoms with van der Waals surface area (Å²) in [6.45, 7) is 9.53. The van der Waals surface area contributed by atoms with Gasteiger partial charge in [0.15, 0.2) is 0 Å². The van der Waals surface area contributed by atoms with Gasteiger partial charge in [0.1, 0.15) is 0 Å². The Morgan fingerprint density at radius 2 is 1.10 bits per heavy atom. The molecule has 0 fully saturated rings. The van der Waals surface area contributed by atoms with Gasteiger partial charge in [-0.2, -0.15) is 0 Å². The summed E-state index contributed by atoms with van der Waals surface area (Å²) in [5.74, 6) is 0. The second-order valence-corrected chi connectivity index (χ2v) is 15.8. The van der Waals surface area contributed by atoms with Crippen LogP contribution in [0.5, 0.6) is 0 Å². The molecule has 0 radical (unpaired) electrons. The van der Waals surface area contributed by atoms with Crippen LogP contribution in [0, 0.1) is 0 Å². The summed E-state index contributed by atoms with van der Waals surface area (Å²) >= 11 is 6.89. The first-order chi connectivity index (χ1) is 25.2. The Kier molecular flexibility index (Phi) is 7.75. The van der Waals surface area contributed by atoms with Crippen LogP contribution in [-0.4, -0.2) is 0 Å². The molecular weight excluding hydrogens is 650 g/mol. The average molecular weight is 692 g/mol. The summed E-state index contributed by atoms with van der Waals surface area (Å²) in [5.41, 5.74) is 18.9. The Hall–Kier alpha value is -5.37. The van der Waals surface area contributed by atoms with Gasteiger partial charge in [0.2, 0.25) is 0 Å². The van der Waals surface area contributed by atoms with Gasteiger partial charge in [-0.25, -0.2) is 0 Å². The smallest absolute Gasteiger partial charge is 0.0487 e. The molecule has 0 saturated carbocycles. The monoisotopic (exact) mass is 691 g/mol. The summed E-state index contributed by atoms with van der Waals surface area (Å²) in [7, 11) is 0. The van der Waals surface area contributed by atoms with E-state index in [0.29, 0.717) is 0 Å². The molecule has 0 amide bonds. The Balaban J connectivity index is 1.14. The molecule has 9 rings (SSSR count). The fraction of sp³-hybridized carbons (Fsp3) is 0.160. The molecule has 0 unspecified atom stereocenters. The zero-order chi connectivity index (χ0) is 35.6. The number of hydrogen-bond acceptors (Lipinski definition) is 1. The van der Waals surface area contributed by atoms with Crippen LogP contribution in [0.25, 0.3) is 33.4 Å². The van der Waals surface area contributed by atoms with Gasteiger partial charge in [-0.15, -0.1) is 0 Å². The first-order valence-corrected chi connectivity index (χ1v) is 18.8. The number of fused-ring (bicyclic) bond motifs is 5. The maximum Gasteiger partial charge on any atom is 0.0487 e. The Morgan fingerprint density at radius 3 is 1.69 bits per heavy atom. The topological polar surface area (TPSA) is 3.24 Å². The largest absolute Gasteiger partial charge is 0.310 e. The van der Waals surface area contributed by atoms with Gasteiger partial charge < -0.3 is 4.90 Å². The third-order valence-electron chi connectivity index (χ3n) is 11.7. The number of allylic oxidation sites excluding steroid dienone is 6. The average Bonchev–Trinajstić information content (AvgIpc) is 3.50. The lowest BCUT2D eigenvalue weighted by molar-refractivity contribution is 0.635. The summed E-state index contributed by atoms with van der Waals surface area (Å²) in [6, 6.07) is 52.8. The van der Waals surface area contributed by atoms with Gasteiger partial charge in [-0.1, -0.05) is 155 Å². The maximum absolute atomic E-state index is 6.89. The summed E-state index contributed by atoms with van der Waals surface area (Å²) < 4.78 is 0. The van der Waals surface area contributed by atoms with Gasteiger partial charge in [0.05, 0.1) is 0 Å². The molecule has 6 aromatic carbocycles. The van der Waals surface area contributed by atoms with E-state index in [1.807, 2.05) is 6.07 Å². The minimum absolute atomic E-state index is 0.133. The van der Waals surface area contributed by atoms with Crippen LogP contribution < -0.4 is 4.90 Å². The quantitative estimate of drug-likeness (QED) is 0.174. The van der Waals surface area contributed by atoms with E-state index in [1.165, 1.54) is 66.8 Å². The van der Waals surface area contributed by atoms with Crippen LogP contribution >= 0.6 is 11.6 Å². The predicted octanol–water partition coefficient (Wildman–Crippen LogP) is 14.3. The molecule has 0 N–H and O–H groups in total. The fourth-order valence-electron chi connectivity index (χ4n) is 8.88. The third-order valence-corrected chi connectivity index (χ3v) is 12.0. The lowest BCUT2D eigenvalue weighted by Crippen LogP contribution is -2.20. The molecule has 2 heteroatoms. The standard InChI is InChI=1S/C50H42ClN/c1-49(2)43-19-12-20-47(51)48(43)42-18-11-17-40-41-30-29-39(31-44(41)50(3,4)45(40)32-46(42)49)52(37-25-21-35(22-26-37)33-13-7-5-8-14-33)38-27-23-36(24-28-38)34-15-9-6-10-16-34/h5-10,12-16,18-32H,11,17H2,1-4H3. The highest BCUT2D eigenvalue weighted by Gasteiger charge is 2.43. The molecule has 1 nitrogen and oxygen atoms in total. The van der Waals surface area contributed by atoms with E-state index in [2.05, 4.69) is 184 Å². The fourth-order valence-corrected chi connectivity index (χ4v) is 9.16. The molecule has 0 spiro atoms. The SMILES string of the molecule is CC1(C)C2=C(CCC=C3C(=C2)C(C)(C)c2cccc(Cl)c23)c2ccc(N(c3ccc(-c4ccccc4)cc3)c3ccc(-c4ccccc4)cc3)cc21. The number of nitrogens with zero attached hydrogens (tertiary/aromatic N) is 1. The van der Waals surface area contributed by atoms with Crippen molar-refractivity contribution in [3.05, 3.63) is 196 Å². The van der Waals surface area contributed by atoms with Crippen LogP contribution in [-0.2, 0) is 10.8 Å². The lowest BCUT2D eigenvalue weighted by Gasteiger charge is -2.30. The Bertz CT molecular complexity index is 2340. The lowest BCUT2D eigenvalue weighted by atomic mass is 9.75. The zero-order valence-electron chi connectivity index (χ0n) is 30.3. The van der Waals surface area contributed by atoms with Gasteiger partial charge >= 0.3 is 0 Å². The van der Waals surface area contributed by atoms with E-state index in [1.54, 1.807) is 0 Å². The molecule has 0 atom stereocenters. The molecule has 3 aliphatic carbocycles. The van der Waals surface area contributed by atoms with Crippen LogP contribution in [0.4, 0.5) is 17.1 Å². The first-order valence-electron chi connectivity index (χ1n) is 18.4. The number of anilines is 3. The van der Waals surface area contributed by atoms with E-state index in [0.717, 1.165) is 34.9 Å². The summed E-state index contributed by atoms with van der Waals surface area (Å²) in [5, 5.41) is 0.849. The number of hydrogen-bond donors (Lipinski definition) is 0. The molecule has 6 aromatic rings. The van der Waals surface area contributed by atoms with Gasteiger partial charge in [0, 0.05) is 38.5 Å². The highest BCUT2D eigenvalue weighted by molar-refractivity contribution is 6.33. The van der Waals surface area contributed by atoms with Crippen molar-refractivity contribution in [1.29, 1.82) is 0 Å². The van der Waals surface area contributed by atoms with Crippen LogP contribution in [0.1, 0.15) is 62.8 Å². The van der Waals surface area contributed by atoms with Crippen molar-refractivity contribution in [1.82, 2.24) is 0 Å². The zero-order valence-corrected chi connectivity index (χ0v) is 31.0. The third kappa shape index (κ3) is 5.22. The van der Waals surface area contributed by atoms with Gasteiger partial charge in [-0.05, 0) is 117 Å². The van der Waals surface area contributed by atoms with Crippen molar-refractivity contribution in [2.24, 2.45) is 0 Å². The molecule has 0 aliphatic heterocycles. The van der Waals surface area contributed by atoms with E-state index in [4.69, 9.17) is 11.6 Å². The molecule has 0 heterocycles. The van der Waals surface area contributed by atoms with Gasteiger partial charge in [0.25, 0.3) is 0 Å². The van der Waals surface area contributed by atoms with Crippen molar-refractivity contribution in [3.8, 4) is 22.3 Å². The molecule has 254 valence electrons. The molecule has 3 aliphatic rings. The van der Waals surface area contributed by atoms with Crippen molar-refractivity contribution in [3.63, 3.8) is 0 Å². The Labute approximate surface area is 313 Å². The number of benzene rings is 6. The van der Waals surface area contributed by atoms with Crippen LogP contribution in [0.2, 0.25) is 5.02 Å².